The van der Waals surface area contributed by atoms with Gasteiger partial charge in [0, 0.05) is 18.6 Å². The average Bonchev–Trinajstić information content (AvgIpc) is 2.26. The van der Waals surface area contributed by atoms with Crippen molar-refractivity contribution in [2.45, 2.75) is 0 Å². The first-order valence-electron chi connectivity index (χ1n) is 3.91. The predicted molar refractivity (Wildman–Crippen MR) is 58.5 cm³/mol. The number of halogens is 2. The summed E-state index contributed by atoms with van der Waals surface area (Å²) < 4.78 is 0. The molecule has 0 saturated heterocycles. The van der Waals surface area contributed by atoms with E-state index in [1.807, 2.05) is 18.2 Å². The molecule has 0 radical (unpaired) electrons. The largest absolute Gasteiger partial charge is 0.265 e. The molecule has 2 aromatic heterocycles. The quantitative estimate of drug-likeness (QED) is 0.644. The van der Waals surface area contributed by atoms with Gasteiger partial charge in [0.05, 0.1) is 5.02 Å². The summed E-state index contributed by atoms with van der Waals surface area (Å²) in [6.45, 7) is 0. The van der Waals surface area contributed by atoms with Gasteiger partial charge >= 0.3 is 0 Å². The van der Waals surface area contributed by atoms with E-state index in [0.29, 0.717) is 10.2 Å². The Bertz CT molecular complexity index is 301. The normalized spacial score (nSPS) is 8.71. The van der Waals surface area contributed by atoms with Gasteiger partial charge in [-0.1, -0.05) is 29.3 Å². The van der Waals surface area contributed by atoms with Crippen molar-refractivity contribution < 1.29 is 0 Å². The molecule has 2 nitrogen and oxygen atoms in total. The lowest BCUT2D eigenvalue weighted by molar-refractivity contribution is 1.33. The molecule has 2 rings (SSSR count). The van der Waals surface area contributed by atoms with Crippen LogP contribution in [0.4, 0.5) is 0 Å². The van der Waals surface area contributed by atoms with Gasteiger partial charge in [0.2, 0.25) is 0 Å². The minimum absolute atomic E-state index is 0.467. The van der Waals surface area contributed by atoms with Gasteiger partial charge in [-0.15, -0.1) is 0 Å². The highest BCUT2D eigenvalue weighted by Gasteiger charge is 1.85. The second kappa shape index (κ2) is 6.35. The van der Waals surface area contributed by atoms with Crippen LogP contribution < -0.4 is 0 Å². The topological polar surface area (TPSA) is 25.8 Å². The zero-order valence-corrected chi connectivity index (χ0v) is 8.78. The number of nitrogens with zero attached hydrogens (tertiary/aromatic N) is 2. The van der Waals surface area contributed by atoms with Crippen molar-refractivity contribution in [3.8, 4) is 0 Å². The highest BCUT2D eigenvalue weighted by molar-refractivity contribution is 6.31. The molecular formula is C10H8Cl2N2. The Hall–Kier alpha value is -1.12. The summed E-state index contributed by atoms with van der Waals surface area (Å²) in [5.74, 6) is 0. The smallest absolute Gasteiger partial charge is 0.129 e. The van der Waals surface area contributed by atoms with E-state index < -0.39 is 0 Å². The lowest BCUT2D eigenvalue weighted by Crippen LogP contribution is -1.69. The number of hydrogen-bond acceptors (Lipinski definition) is 2. The Morgan fingerprint density at radius 3 is 1.93 bits per heavy atom. The summed E-state index contributed by atoms with van der Waals surface area (Å²) in [5.41, 5.74) is 0. The fraction of sp³-hybridized carbons (Fsp3) is 0. The van der Waals surface area contributed by atoms with E-state index >= 15 is 0 Å². The first-order valence-corrected chi connectivity index (χ1v) is 4.66. The maximum Gasteiger partial charge on any atom is 0.129 e. The molecule has 14 heavy (non-hydrogen) atoms. The average molecular weight is 227 g/mol. The van der Waals surface area contributed by atoms with E-state index in [-0.39, 0.29) is 0 Å². The molecule has 0 N–H and O–H groups in total. The summed E-state index contributed by atoms with van der Waals surface area (Å²) in [6.07, 6.45) is 5.00. The first kappa shape index (κ1) is 11.0. The second-order valence-corrected chi connectivity index (χ2v) is 3.15. The Morgan fingerprint density at radius 2 is 1.64 bits per heavy atom. The van der Waals surface area contributed by atoms with E-state index in [1.54, 1.807) is 24.5 Å². The summed E-state index contributed by atoms with van der Waals surface area (Å²) in [6, 6.07) is 9.05. The molecule has 2 heterocycles. The summed E-state index contributed by atoms with van der Waals surface area (Å²) >= 11 is 10.9. The minimum Gasteiger partial charge on any atom is -0.265 e. The standard InChI is InChI=1S/C5H3Cl2N.C5H5N/c6-4-1-2-5(7)8-3-4;1-2-4-6-5-3-1/h1-3H;1-5H. The zero-order chi connectivity index (χ0) is 10.2. The fourth-order valence-electron chi connectivity index (χ4n) is 0.670. The molecule has 72 valence electrons. The summed E-state index contributed by atoms with van der Waals surface area (Å²) in [4.78, 5) is 7.50. The van der Waals surface area contributed by atoms with Crippen molar-refractivity contribution in [3.05, 3.63) is 59.1 Å². The van der Waals surface area contributed by atoms with Crippen molar-refractivity contribution in [2.24, 2.45) is 0 Å². The molecule has 0 spiro atoms. The van der Waals surface area contributed by atoms with Crippen LogP contribution in [0, 0.1) is 0 Å². The predicted octanol–water partition coefficient (Wildman–Crippen LogP) is 3.47. The van der Waals surface area contributed by atoms with Crippen LogP contribution >= 0.6 is 23.2 Å². The molecule has 0 bridgehead atoms. The van der Waals surface area contributed by atoms with Crippen LogP contribution in [0.1, 0.15) is 0 Å². The fourth-order valence-corrected chi connectivity index (χ4v) is 0.894. The number of hydrogen-bond donors (Lipinski definition) is 0. The molecule has 0 amide bonds. The molecule has 4 heteroatoms. The van der Waals surface area contributed by atoms with Gasteiger partial charge in [-0.05, 0) is 24.3 Å². The molecule has 0 aliphatic heterocycles. The van der Waals surface area contributed by atoms with Crippen LogP contribution in [0.2, 0.25) is 10.2 Å². The first-order chi connectivity index (χ1) is 6.79. The zero-order valence-electron chi connectivity index (χ0n) is 7.27. The monoisotopic (exact) mass is 226 g/mol. The van der Waals surface area contributed by atoms with Gasteiger partial charge in [-0.25, -0.2) is 4.98 Å². The summed E-state index contributed by atoms with van der Waals surface area (Å²) in [7, 11) is 0. The molecule has 0 saturated carbocycles. The molecule has 0 fully saturated rings. The Morgan fingerprint density at radius 1 is 0.929 bits per heavy atom. The second-order valence-electron chi connectivity index (χ2n) is 2.32. The maximum absolute atomic E-state index is 5.49. The molecule has 0 aliphatic rings. The van der Waals surface area contributed by atoms with Gasteiger partial charge in [-0.3, -0.25) is 4.98 Å². The van der Waals surface area contributed by atoms with Crippen LogP contribution in [0.3, 0.4) is 0 Å². The Labute approximate surface area is 92.5 Å². The van der Waals surface area contributed by atoms with Crippen LogP contribution in [0.15, 0.2) is 48.9 Å². The van der Waals surface area contributed by atoms with Crippen molar-refractivity contribution in [1.82, 2.24) is 9.97 Å². The van der Waals surface area contributed by atoms with Crippen LogP contribution in [0.25, 0.3) is 0 Å². The Balaban J connectivity index is 0.000000146. The van der Waals surface area contributed by atoms with Crippen LogP contribution in [-0.4, -0.2) is 9.97 Å². The third-order valence-electron chi connectivity index (χ3n) is 1.26. The van der Waals surface area contributed by atoms with E-state index in [2.05, 4.69) is 9.97 Å². The number of pyridine rings is 2. The molecule has 0 aliphatic carbocycles. The number of rotatable bonds is 0. The minimum atomic E-state index is 0.467. The summed E-state index contributed by atoms with van der Waals surface area (Å²) in [5, 5.41) is 1.07. The lowest BCUT2D eigenvalue weighted by Gasteiger charge is -1.85. The van der Waals surface area contributed by atoms with Crippen molar-refractivity contribution in [3.63, 3.8) is 0 Å². The highest BCUT2D eigenvalue weighted by atomic mass is 35.5. The molecule has 0 unspecified atom stereocenters. The van der Waals surface area contributed by atoms with E-state index in [1.165, 1.54) is 6.20 Å². The van der Waals surface area contributed by atoms with E-state index in [0.717, 1.165) is 0 Å². The van der Waals surface area contributed by atoms with Gasteiger partial charge < -0.3 is 0 Å². The van der Waals surface area contributed by atoms with Crippen molar-refractivity contribution in [2.75, 3.05) is 0 Å². The van der Waals surface area contributed by atoms with Crippen molar-refractivity contribution in [1.29, 1.82) is 0 Å². The van der Waals surface area contributed by atoms with Gasteiger partial charge in [-0.2, -0.15) is 0 Å². The molecule has 2 aromatic rings. The highest BCUT2D eigenvalue weighted by Crippen LogP contribution is 2.08. The van der Waals surface area contributed by atoms with E-state index in [9.17, 15) is 0 Å². The maximum atomic E-state index is 5.49. The number of aromatic nitrogens is 2. The SMILES string of the molecule is Clc1ccc(Cl)nc1.c1ccncc1. The van der Waals surface area contributed by atoms with Gasteiger partial charge in [0.15, 0.2) is 0 Å². The third kappa shape index (κ3) is 4.80. The van der Waals surface area contributed by atoms with Gasteiger partial charge in [0.25, 0.3) is 0 Å². The van der Waals surface area contributed by atoms with Gasteiger partial charge in [0.1, 0.15) is 5.15 Å². The molecular weight excluding hydrogens is 219 g/mol. The van der Waals surface area contributed by atoms with Crippen LogP contribution in [-0.2, 0) is 0 Å². The van der Waals surface area contributed by atoms with E-state index in [4.69, 9.17) is 23.2 Å². The van der Waals surface area contributed by atoms with Crippen LogP contribution in [0.5, 0.6) is 0 Å². The van der Waals surface area contributed by atoms with Crippen molar-refractivity contribution >= 4 is 23.2 Å². The lowest BCUT2D eigenvalue weighted by atomic mass is 10.5. The molecule has 0 aromatic carbocycles. The Kier molecular flexibility index (Phi) is 4.97. The molecule has 0 atom stereocenters. The third-order valence-corrected chi connectivity index (χ3v) is 1.70.